The number of pyridine rings is 1. The van der Waals surface area contributed by atoms with Crippen LogP contribution in [0.1, 0.15) is 10.4 Å². The van der Waals surface area contributed by atoms with Crippen molar-refractivity contribution in [2.45, 2.75) is 0 Å². The van der Waals surface area contributed by atoms with E-state index in [1.165, 1.54) is 12.4 Å². The number of nitrogens with one attached hydrogen (secondary N) is 1. The van der Waals surface area contributed by atoms with Crippen LogP contribution in [-0.4, -0.2) is 24.1 Å². The lowest BCUT2D eigenvalue weighted by molar-refractivity contribution is 0.102. The summed E-state index contributed by atoms with van der Waals surface area (Å²) in [5.74, 6) is 0.702. The Labute approximate surface area is 130 Å². The summed E-state index contributed by atoms with van der Waals surface area (Å²) in [5.41, 5.74) is 0.691. The van der Waals surface area contributed by atoms with Gasteiger partial charge in [0.25, 0.3) is 5.91 Å². The highest BCUT2D eigenvalue weighted by Gasteiger charge is 2.17. The Morgan fingerprint density at radius 1 is 1.14 bits per heavy atom. The number of rotatable bonds is 2. The number of ether oxygens (including phenoxy) is 2. The lowest BCUT2D eigenvalue weighted by Gasteiger charge is -2.20. The van der Waals surface area contributed by atoms with Crippen molar-refractivity contribution in [3.05, 3.63) is 46.2 Å². The van der Waals surface area contributed by atoms with E-state index in [1.807, 2.05) is 0 Å². The van der Waals surface area contributed by atoms with Crippen LogP contribution in [0.5, 0.6) is 11.5 Å². The largest absolute Gasteiger partial charge is 0.486 e. The summed E-state index contributed by atoms with van der Waals surface area (Å²) >= 11 is 12.1. The summed E-state index contributed by atoms with van der Waals surface area (Å²) in [7, 11) is 0. The number of anilines is 1. The molecular weight excluding hydrogens is 315 g/mol. The Bertz CT molecular complexity index is 707. The molecule has 7 heteroatoms. The number of hydrogen-bond donors (Lipinski definition) is 1. The lowest BCUT2D eigenvalue weighted by Crippen LogP contribution is -2.17. The van der Waals surface area contributed by atoms with Crippen LogP contribution >= 0.6 is 23.2 Å². The minimum absolute atomic E-state index is 0.269. The van der Waals surface area contributed by atoms with E-state index in [0.717, 1.165) is 0 Å². The van der Waals surface area contributed by atoms with Gasteiger partial charge in [-0.2, -0.15) is 0 Å². The van der Waals surface area contributed by atoms with Crippen LogP contribution in [0.3, 0.4) is 0 Å². The van der Waals surface area contributed by atoms with E-state index < -0.39 is 5.91 Å². The van der Waals surface area contributed by atoms with Gasteiger partial charge < -0.3 is 14.8 Å². The third kappa shape index (κ3) is 2.89. The summed E-state index contributed by atoms with van der Waals surface area (Å²) in [6.45, 7) is 0.927. The molecule has 0 aliphatic carbocycles. The lowest BCUT2D eigenvalue weighted by atomic mass is 10.2. The number of amides is 1. The van der Waals surface area contributed by atoms with Crippen LogP contribution < -0.4 is 14.8 Å². The summed E-state index contributed by atoms with van der Waals surface area (Å²) in [4.78, 5) is 16.1. The van der Waals surface area contributed by atoms with Gasteiger partial charge in [0.05, 0.1) is 21.3 Å². The van der Waals surface area contributed by atoms with Gasteiger partial charge in [-0.25, -0.2) is 0 Å². The van der Waals surface area contributed by atoms with E-state index in [1.54, 1.807) is 18.2 Å². The van der Waals surface area contributed by atoms with Crippen molar-refractivity contribution in [1.29, 1.82) is 0 Å². The molecular formula is C14H10Cl2N2O3. The maximum absolute atomic E-state index is 12.2. The third-order valence-electron chi connectivity index (χ3n) is 2.89. The van der Waals surface area contributed by atoms with Gasteiger partial charge >= 0.3 is 0 Å². The third-order valence-corrected chi connectivity index (χ3v) is 3.53. The summed E-state index contributed by atoms with van der Waals surface area (Å²) in [5, 5.41) is 3.36. The second-order valence-corrected chi connectivity index (χ2v) is 5.10. The predicted octanol–water partition coefficient (Wildman–Crippen LogP) is 3.41. The first-order valence-electron chi connectivity index (χ1n) is 6.15. The molecule has 5 nitrogen and oxygen atoms in total. The molecule has 1 aliphatic heterocycles. The molecule has 2 aromatic rings. The Morgan fingerprint density at radius 3 is 2.57 bits per heavy atom. The average molecular weight is 325 g/mol. The highest BCUT2D eigenvalue weighted by Crippen LogP contribution is 2.38. The maximum Gasteiger partial charge on any atom is 0.258 e. The number of carbonyl (C=O) groups excluding carboxylic acids is 1. The standard InChI is InChI=1S/C14H10Cl2N2O3/c15-9-1-2-17-7-8(9)14(19)18-11-6-13-12(5-10(11)16)20-3-4-21-13/h1-2,5-7H,3-4H2,(H,18,19). The predicted molar refractivity (Wildman–Crippen MR) is 79.6 cm³/mol. The van der Waals surface area contributed by atoms with Gasteiger partial charge in [-0.15, -0.1) is 0 Å². The van der Waals surface area contributed by atoms with Gasteiger partial charge in [-0.05, 0) is 6.07 Å². The van der Waals surface area contributed by atoms with E-state index >= 15 is 0 Å². The van der Waals surface area contributed by atoms with Crippen LogP contribution in [0, 0.1) is 0 Å². The molecule has 0 radical (unpaired) electrons. The normalized spacial score (nSPS) is 12.9. The number of nitrogens with zero attached hydrogens (tertiary/aromatic N) is 1. The SMILES string of the molecule is O=C(Nc1cc2c(cc1Cl)OCCO2)c1cnccc1Cl. The molecule has 0 fully saturated rings. The van der Waals surface area contributed by atoms with Crippen molar-refractivity contribution in [2.75, 3.05) is 18.5 Å². The number of carbonyl (C=O) groups is 1. The molecule has 0 bridgehead atoms. The highest BCUT2D eigenvalue weighted by atomic mass is 35.5. The van der Waals surface area contributed by atoms with Crippen molar-refractivity contribution in [3.8, 4) is 11.5 Å². The highest BCUT2D eigenvalue weighted by molar-refractivity contribution is 6.36. The fraction of sp³-hybridized carbons (Fsp3) is 0.143. The molecule has 1 aromatic heterocycles. The summed E-state index contributed by atoms with van der Waals surface area (Å²) < 4.78 is 10.9. The van der Waals surface area contributed by atoms with E-state index in [9.17, 15) is 4.79 Å². The Hall–Kier alpha value is -1.98. The maximum atomic E-state index is 12.2. The second-order valence-electron chi connectivity index (χ2n) is 4.29. The van der Waals surface area contributed by atoms with Crippen LogP contribution in [0.25, 0.3) is 0 Å². The zero-order valence-electron chi connectivity index (χ0n) is 10.7. The van der Waals surface area contributed by atoms with E-state index in [0.29, 0.717) is 40.4 Å². The van der Waals surface area contributed by atoms with Gasteiger partial charge in [0.2, 0.25) is 0 Å². The molecule has 0 unspecified atom stereocenters. The van der Waals surface area contributed by atoms with Crippen LogP contribution in [0.4, 0.5) is 5.69 Å². The first kappa shape index (κ1) is 14.0. The average Bonchev–Trinajstić information content (AvgIpc) is 2.48. The molecule has 1 aliphatic rings. The summed E-state index contributed by atoms with van der Waals surface area (Å²) in [6, 6.07) is 4.78. The number of hydrogen-bond acceptors (Lipinski definition) is 4. The van der Waals surface area contributed by atoms with Gasteiger partial charge in [0.1, 0.15) is 13.2 Å². The quantitative estimate of drug-likeness (QED) is 0.919. The number of aromatic nitrogens is 1. The molecule has 1 aromatic carbocycles. The van der Waals surface area contributed by atoms with Crippen LogP contribution in [0.2, 0.25) is 10.0 Å². The van der Waals surface area contributed by atoms with Crippen molar-refractivity contribution in [1.82, 2.24) is 4.98 Å². The molecule has 0 saturated heterocycles. The Balaban J connectivity index is 1.88. The molecule has 108 valence electrons. The molecule has 3 rings (SSSR count). The number of fused-ring (bicyclic) bond motifs is 1. The first-order chi connectivity index (χ1) is 10.1. The zero-order chi connectivity index (χ0) is 14.8. The Morgan fingerprint density at radius 2 is 1.86 bits per heavy atom. The van der Waals surface area contributed by atoms with E-state index in [-0.39, 0.29) is 5.56 Å². The fourth-order valence-electron chi connectivity index (χ4n) is 1.89. The van der Waals surface area contributed by atoms with Crippen molar-refractivity contribution in [2.24, 2.45) is 0 Å². The number of halogens is 2. The van der Waals surface area contributed by atoms with Gasteiger partial charge in [0, 0.05) is 24.5 Å². The van der Waals surface area contributed by atoms with Gasteiger partial charge in [-0.1, -0.05) is 23.2 Å². The van der Waals surface area contributed by atoms with Crippen molar-refractivity contribution >= 4 is 34.8 Å². The minimum atomic E-state index is -0.397. The number of benzene rings is 1. The molecule has 0 atom stereocenters. The van der Waals surface area contributed by atoms with Crippen molar-refractivity contribution < 1.29 is 14.3 Å². The molecule has 2 heterocycles. The molecule has 0 saturated carbocycles. The second kappa shape index (κ2) is 5.79. The topological polar surface area (TPSA) is 60.5 Å². The van der Waals surface area contributed by atoms with Crippen LogP contribution in [0.15, 0.2) is 30.6 Å². The Kier molecular flexibility index (Phi) is 3.86. The van der Waals surface area contributed by atoms with Crippen molar-refractivity contribution in [3.63, 3.8) is 0 Å². The van der Waals surface area contributed by atoms with E-state index in [4.69, 9.17) is 32.7 Å². The molecule has 21 heavy (non-hydrogen) atoms. The van der Waals surface area contributed by atoms with Gasteiger partial charge in [-0.3, -0.25) is 9.78 Å². The fourth-order valence-corrected chi connectivity index (χ4v) is 2.29. The molecule has 1 N–H and O–H groups in total. The summed E-state index contributed by atoms with van der Waals surface area (Å²) in [6.07, 6.45) is 2.90. The first-order valence-corrected chi connectivity index (χ1v) is 6.91. The zero-order valence-corrected chi connectivity index (χ0v) is 12.2. The molecule has 1 amide bonds. The smallest absolute Gasteiger partial charge is 0.258 e. The van der Waals surface area contributed by atoms with E-state index in [2.05, 4.69) is 10.3 Å². The van der Waals surface area contributed by atoms with Crippen LogP contribution in [-0.2, 0) is 0 Å². The minimum Gasteiger partial charge on any atom is -0.486 e. The monoisotopic (exact) mass is 324 g/mol. The molecule has 0 spiro atoms. The van der Waals surface area contributed by atoms with Gasteiger partial charge in [0.15, 0.2) is 11.5 Å².